The molecule has 0 aliphatic heterocycles. The molecule has 4 nitrogen and oxygen atoms in total. The van der Waals surface area contributed by atoms with Crippen LogP contribution < -0.4 is 4.74 Å². The summed E-state index contributed by atoms with van der Waals surface area (Å²) in [5.41, 5.74) is 0.748. The summed E-state index contributed by atoms with van der Waals surface area (Å²) in [4.78, 5) is 3.98. The number of ether oxygens (including phenoxy) is 2. The monoisotopic (exact) mass is 211 g/mol. The standard InChI is InChI=1S/C11H17NO3/c1-8(14-2)4-11(13)9-5-10(15-3)7-12-6-9/h5-8,11,13H,4H2,1-3H3. The fourth-order valence-corrected chi connectivity index (χ4v) is 1.28. The predicted octanol–water partition coefficient (Wildman–Crippen LogP) is 1.55. The average molecular weight is 211 g/mol. The molecule has 0 spiro atoms. The van der Waals surface area contributed by atoms with E-state index in [0.717, 1.165) is 5.56 Å². The van der Waals surface area contributed by atoms with Crippen LogP contribution in [0, 0.1) is 0 Å². The van der Waals surface area contributed by atoms with Crippen LogP contribution in [0.15, 0.2) is 18.5 Å². The SMILES string of the molecule is COc1cncc(C(O)CC(C)OC)c1. The van der Waals surface area contributed by atoms with Crippen LogP contribution in [-0.2, 0) is 4.74 Å². The molecule has 0 saturated heterocycles. The van der Waals surface area contributed by atoms with Crippen molar-refractivity contribution in [1.82, 2.24) is 4.98 Å². The second-order valence-electron chi connectivity index (χ2n) is 3.46. The van der Waals surface area contributed by atoms with Crippen molar-refractivity contribution in [1.29, 1.82) is 0 Å². The molecule has 0 aliphatic rings. The van der Waals surface area contributed by atoms with Crippen LogP contribution in [0.5, 0.6) is 5.75 Å². The number of aliphatic hydroxyl groups excluding tert-OH is 1. The minimum atomic E-state index is -0.567. The van der Waals surface area contributed by atoms with E-state index in [0.29, 0.717) is 12.2 Å². The van der Waals surface area contributed by atoms with E-state index in [-0.39, 0.29) is 6.10 Å². The molecule has 0 fully saturated rings. The van der Waals surface area contributed by atoms with Crippen LogP contribution in [0.3, 0.4) is 0 Å². The van der Waals surface area contributed by atoms with Gasteiger partial charge in [0.2, 0.25) is 0 Å². The Hall–Kier alpha value is -1.13. The second-order valence-corrected chi connectivity index (χ2v) is 3.46. The molecular weight excluding hydrogens is 194 g/mol. The zero-order valence-electron chi connectivity index (χ0n) is 9.30. The fraction of sp³-hybridized carbons (Fsp3) is 0.545. The van der Waals surface area contributed by atoms with Crippen molar-refractivity contribution in [3.05, 3.63) is 24.0 Å². The topological polar surface area (TPSA) is 51.6 Å². The van der Waals surface area contributed by atoms with Gasteiger partial charge in [-0.1, -0.05) is 0 Å². The van der Waals surface area contributed by atoms with Crippen molar-refractivity contribution in [2.75, 3.05) is 14.2 Å². The van der Waals surface area contributed by atoms with Gasteiger partial charge in [0.05, 0.1) is 25.5 Å². The Kier molecular flexibility index (Phi) is 4.52. The maximum atomic E-state index is 9.87. The molecule has 1 rings (SSSR count). The highest BCUT2D eigenvalue weighted by Gasteiger charge is 2.12. The molecule has 0 radical (unpaired) electrons. The first-order valence-electron chi connectivity index (χ1n) is 4.87. The van der Waals surface area contributed by atoms with E-state index in [2.05, 4.69) is 4.98 Å². The van der Waals surface area contributed by atoms with Crippen molar-refractivity contribution in [2.45, 2.75) is 25.6 Å². The van der Waals surface area contributed by atoms with Gasteiger partial charge in [-0.2, -0.15) is 0 Å². The van der Waals surface area contributed by atoms with Crippen LogP contribution in [0.4, 0.5) is 0 Å². The largest absolute Gasteiger partial charge is 0.495 e. The first kappa shape index (κ1) is 11.9. The molecular formula is C11H17NO3. The van der Waals surface area contributed by atoms with E-state index in [4.69, 9.17) is 9.47 Å². The van der Waals surface area contributed by atoms with Crippen molar-refractivity contribution in [3.8, 4) is 5.75 Å². The quantitative estimate of drug-likeness (QED) is 0.802. The Balaban J connectivity index is 2.68. The van der Waals surface area contributed by atoms with Gasteiger partial charge in [0.1, 0.15) is 5.75 Å². The molecule has 1 aromatic heterocycles. The van der Waals surface area contributed by atoms with E-state index >= 15 is 0 Å². The summed E-state index contributed by atoms with van der Waals surface area (Å²) in [6, 6.07) is 1.78. The van der Waals surface area contributed by atoms with Gasteiger partial charge in [0.15, 0.2) is 0 Å². The summed E-state index contributed by atoms with van der Waals surface area (Å²) >= 11 is 0. The molecule has 84 valence electrons. The van der Waals surface area contributed by atoms with Crippen LogP contribution in [-0.4, -0.2) is 30.4 Å². The Labute approximate surface area is 89.9 Å². The molecule has 0 bridgehead atoms. The van der Waals surface area contributed by atoms with Gasteiger partial charge in [-0.3, -0.25) is 4.98 Å². The minimum absolute atomic E-state index is 0.0196. The maximum absolute atomic E-state index is 9.87. The lowest BCUT2D eigenvalue weighted by Gasteiger charge is -2.15. The summed E-state index contributed by atoms with van der Waals surface area (Å²) < 4.78 is 10.1. The third-order valence-corrected chi connectivity index (χ3v) is 2.31. The molecule has 15 heavy (non-hydrogen) atoms. The number of methoxy groups -OCH3 is 2. The smallest absolute Gasteiger partial charge is 0.137 e. The average Bonchev–Trinajstić information content (AvgIpc) is 2.28. The summed E-state index contributed by atoms with van der Waals surface area (Å²) in [5, 5.41) is 9.87. The summed E-state index contributed by atoms with van der Waals surface area (Å²) in [6.45, 7) is 1.91. The lowest BCUT2D eigenvalue weighted by Crippen LogP contribution is -2.11. The van der Waals surface area contributed by atoms with Crippen LogP contribution in [0.2, 0.25) is 0 Å². The molecule has 2 unspecified atom stereocenters. The molecule has 0 aliphatic carbocycles. The van der Waals surface area contributed by atoms with Gasteiger partial charge in [0.25, 0.3) is 0 Å². The number of pyridine rings is 1. The highest BCUT2D eigenvalue weighted by molar-refractivity contribution is 5.24. The lowest BCUT2D eigenvalue weighted by atomic mass is 10.1. The number of hydrogen-bond donors (Lipinski definition) is 1. The zero-order valence-corrected chi connectivity index (χ0v) is 9.30. The molecule has 1 N–H and O–H groups in total. The third-order valence-electron chi connectivity index (χ3n) is 2.31. The zero-order chi connectivity index (χ0) is 11.3. The van der Waals surface area contributed by atoms with Crippen molar-refractivity contribution in [2.24, 2.45) is 0 Å². The first-order chi connectivity index (χ1) is 7.17. The Morgan fingerprint density at radius 1 is 1.40 bits per heavy atom. The minimum Gasteiger partial charge on any atom is -0.495 e. The van der Waals surface area contributed by atoms with Crippen molar-refractivity contribution in [3.63, 3.8) is 0 Å². The van der Waals surface area contributed by atoms with Crippen LogP contribution >= 0.6 is 0 Å². The number of nitrogens with zero attached hydrogens (tertiary/aromatic N) is 1. The molecule has 0 amide bonds. The van der Waals surface area contributed by atoms with Crippen LogP contribution in [0.25, 0.3) is 0 Å². The third kappa shape index (κ3) is 3.49. The highest BCUT2D eigenvalue weighted by atomic mass is 16.5. The van der Waals surface area contributed by atoms with Crippen molar-refractivity contribution < 1.29 is 14.6 Å². The number of aromatic nitrogens is 1. The van der Waals surface area contributed by atoms with Gasteiger partial charge in [-0.15, -0.1) is 0 Å². The van der Waals surface area contributed by atoms with E-state index in [1.165, 1.54) is 0 Å². The Morgan fingerprint density at radius 2 is 2.13 bits per heavy atom. The second kappa shape index (κ2) is 5.68. The Bertz CT molecular complexity index is 304. The predicted molar refractivity (Wildman–Crippen MR) is 56.8 cm³/mol. The number of rotatable bonds is 5. The molecule has 0 aromatic carbocycles. The van der Waals surface area contributed by atoms with E-state index < -0.39 is 6.10 Å². The fourth-order valence-electron chi connectivity index (χ4n) is 1.28. The first-order valence-corrected chi connectivity index (χ1v) is 4.87. The maximum Gasteiger partial charge on any atom is 0.137 e. The highest BCUT2D eigenvalue weighted by Crippen LogP contribution is 2.21. The van der Waals surface area contributed by atoms with Gasteiger partial charge in [-0.25, -0.2) is 0 Å². The van der Waals surface area contributed by atoms with E-state index in [1.54, 1.807) is 32.7 Å². The molecule has 1 heterocycles. The number of aliphatic hydroxyl groups is 1. The summed E-state index contributed by atoms with van der Waals surface area (Å²) in [5.74, 6) is 0.650. The Morgan fingerprint density at radius 3 is 2.73 bits per heavy atom. The summed E-state index contributed by atoms with van der Waals surface area (Å²) in [7, 11) is 3.20. The van der Waals surface area contributed by atoms with Gasteiger partial charge < -0.3 is 14.6 Å². The van der Waals surface area contributed by atoms with Gasteiger partial charge >= 0.3 is 0 Å². The molecule has 0 saturated carbocycles. The molecule has 2 atom stereocenters. The molecule has 1 aromatic rings. The van der Waals surface area contributed by atoms with Gasteiger partial charge in [-0.05, 0) is 13.0 Å². The van der Waals surface area contributed by atoms with E-state index in [9.17, 15) is 5.11 Å². The van der Waals surface area contributed by atoms with Crippen molar-refractivity contribution >= 4 is 0 Å². The van der Waals surface area contributed by atoms with E-state index in [1.807, 2.05) is 6.92 Å². The number of hydrogen-bond acceptors (Lipinski definition) is 4. The van der Waals surface area contributed by atoms with Crippen LogP contribution in [0.1, 0.15) is 25.0 Å². The summed E-state index contributed by atoms with van der Waals surface area (Å²) in [6.07, 6.45) is 3.24. The molecule has 4 heteroatoms. The van der Waals surface area contributed by atoms with Gasteiger partial charge in [0, 0.05) is 25.3 Å². The normalized spacial score (nSPS) is 14.7. The lowest BCUT2D eigenvalue weighted by molar-refractivity contribution is 0.0557.